The quantitative estimate of drug-likeness (QED) is 0.176. The lowest BCUT2D eigenvalue weighted by Gasteiger charge is -2.34. The maximum Gasteiger partial charge on any atom is 0.416 e. The molecule has 48 heavy (non-hydrogen) atoms. The van der Waals surface area contributed by atoms with Gasteiger partial charge in [-0.25, -0.2) is 4.39 Å². The number of amides is 1. The summed E-state index contributed by atoms with van der Waals surface area (Å²) in [5, 5.41) is 12.1. The number of aryl methyl sites for hydroxylation is 3. The summed E-state index contributed by atoms with van der Waals surface area (Å²) in [4.78, 5) is 39.2. The van der Waals surface area contributed by atoms with E-state index in [4.69, 9.17) is 16.3 Å². The smallest absolute Gasteiger partial charge is 0.416 e. The second kappa shape index (κ2) is 15.2. The zero-order chi connectivity index (χ0) is 35.5. The number of aliphatic carboxylic acids is 1. The van der Waals surface area contributed by atoms with Gasteiger partial charge < -0.3 is 19.7 Å². The van der Waals surface area contributed by atoms with Crippen LogP contribution in [0.15, 0.2) is 47.4 Å². The topological polar surface area (TPSA) is 97.6 Å². The predicted octanol–water partition coefficient (Wildman–Crippen LogP) is 8.22. The van der Waals surface area contributed by atoms with E-state index < -0.39 is 53.5 Å². The first-order chi connectivity index (χ1) is 22.5. The Morgan fingerprint density at radius 1 is 1.12 bits per heavy atom. The van der Waals surface area contributed by atoms with Crippen molar-refractivity contribution in [2.45, 2.75) is 90.6 Å². The molecule has 1 amide bonds. The molecule has 0 aliphatic heterocycles. The fourth-order valence-corrected chi connectivity index (χ4v) is 6.74. The molecule has 3 aromatic rings. The number of carboxylic acids is 1. The number of nitrogens with zero attached hydrogens (tertiary/aromatic N) is 1. The number of rotatable bonds is 13. The van der Waals surface area contributed by atoms with Gasteiger partial charge in [0.2, 0.25) is 5.91 Å². The lowest BCUT2D eigenvalue weighted by atomic mass is 9.78. The lowest BCUT2D eigenvalue weighted by molar-refractivity contribution is -0.139. The van der Waals surface area contributed by atoms with Crippen LogP contribution in [-0.2, 0) is 26.9 Å². The van der Waals surface area contributed by atoms with Crippen LogP contribution in [0.3, 0.4) is 0 Å². The molecule has 0 saturated heterocycles. The van der Waals surface area contributed by atoms with Gasteiger partial charge in [-0.05, 0) is 97.7 Å². The first kappa shape index (κ1) is 37.1. The van der Waals surface area contributed by atoms with E-state index in [0.717, 1.165) is 40.3 Å². The molecule has 1 aliphatic carbocycles. The van der Waals surface area contributed by atoms with Crippen molar-refractivity contribution in [2.24, 2.45) is 11.8 Å². The van der Waals surface area contributed by atoms with Gasteiger partial charge in [0.05, 0.1) is 29.2 Å². The van der Waals surface area contributed by atoms with Gasteiger partial charge in [-0.15, -0.1) is 0 Å². The van der Waals surface area contributed by atoms with Gasteiger partial charge in [0.15, 0.2) is 0 Å². The predicted molar refractivity (Wildman–Crippen MR) is 175 cm³/mol. The standard InChI is InChI=1S/C36H41ClF4N2O5/c1-19(2)11-30(43-18-23(10-9-22-12-25(13-22)48-5)27(16-31(43)44)36(39,40)41)35(47)42-29(17-32(45)46)26-14-24(15-28(37)34(26)38)33-20(3)7-6-8-21(33)4/h6-8,14-16,18-19,22,25,29-30H,9-13,17H2,1-5H3,(H,42,47)(H,45,46)/t22?,25?,29-,30-/m0/s1. The number of halogens is 5. The summed E-state index contributed by atoms with van der Waals surface area (Å²) in [6, 6.07) is 6.26. The highest BCUT2D eigenvalue weighted by Crippen LogP contribution is 2.38. The van der Waals surface area contributed by atoms with Crippen LogP contribution < -0.4 is 10.9 Å². The Morgan fingerprint density at radius 3 is 2.33 bits per heavy atom. The number of hydrogen-bond donors (Lipinski definition) is 2. The Bertz CT molecular complexity index is 1700. The third-order valence-electron chi connectivity index (χ3n) is 9.05. The maximum absolute atomic E-state index is 15.6. The van der Waals surface area contributed by atoms with Crippen molar-refractivity contribution in [3.8, 4) is 11.1 Å². The van der Waals surface area contributed by atoms with E-state index in [9.17, 15) is 32.7 Å². The largest absolute Gasteiger partial charge is 0.481 e. The van der Waals surface area contributed by atoms with Crippen LogP contribution in [0.1, 0.15) is 85.9 Å². The molecule has 7 nitrogen and oxygen atoms in total. The molecule has 1 fully saturated rings. The average Bonchev–Trinajstić information content (AvgIpc) is 2.96. The second-order valence-corrected chi connectivity index (χ2v) is 13.5. The number of hydrogen-bond acceptors (Lipinski definition) is 4. The third-order valence-corrected chi connectivity index (χ3v) is 9.32. The van der Waals surface area contributed by atoms with E-state index >= 15 is 4.39 Å². The van der Waals surface area contributed by atoms with Gasteiger partial charge in [0.25, 0.3) is 5.56 Å². The second-order valence-electron chi connectivity index (χ2n) is 13.1. The van der Waals surface area contributed by atoms with Crippen molar-refractivity contribution in [1.82, 2.24) is 9.88 Å². The maximum atomic E-state index is 15.6. The Balaban J connectivity index is 1.74. The minimum atomic E-state index is -4.79. The van der Waals surface area contributed by atoms with Crippen molar-refractivity contribution in [1.29, 1.82) is 0 Å². The number of carbonyl (C=O) groups is 2. The van der Waals surface area contributed by atoms with Crippen molar-refractivity contribution in [3.63, 3.8) is 0 Å². The molecule has 1 aromatic heterocycles. The summed E-state index contributed by atoms with van der Waals surface area (Å²) in [5.74, 6) is -3.12. The van der Waals surface area contributed by atoms with Crippen LogP contribution in [0, 0.1) is 31.5 Å². The number of ether oxygens (including phenoxy) is 1. The van der Waals surface area contributed by atoms with Crippen LogP contribution in [0.2, 0.25) is 5.02 Å². The highest BCUT2D eigenvalue weighted by atomic mass is 35.5. The Labute approximate surface area is 282 Å². The fraction of sp³-hybridized carbons (Fsp3) is 0.472. The molecule has 0 spiro atoms. The zero-order valence-electron chi connectivity index (χ0n) is 27.6. The molecule has 0 bridgehead atoms. The Morgan fingerprint density at radius 2 is 1.77 bits per heavy atom. The summed E-state index contributed by atoms with van der Waals surface area (Å²) in [5.41, 5.74) is 0.639. The molecule has 2 N–H and O–H groups in total. The van der Waals surface area contributed by atoms with Crippen molar-refractivity contribution in [2.75, 3.05) is 7.11 Å². The minimum absolute atomic E-state index is 0.0305. The van der Waals surface area contributed by atoms with Gasteiger partial charge in [-0.2, -0.15) is 13.2 Å². The van der Waals surface area contributed by atoms with E-state index in [-0.39, 0.29) is 46.9 Å². The number of carboxylic acid groups (broad SMARTS) is 1. The van der Waals surface area contributed by atoms with Crippen LogP contribution >= 0.6 is 11.6 Å². The number of carbonyl (C=O) groups excluding carboxylic acids is 1. The van der Waals surface area contributed by atoms with E-state index in [2.05, 4.69) is 5.32 Å². The number of pyridine rings is 1. The van der Waals surface area contributed by atoms with E-state index in [0.29, 0.717) is 18.1 Å². The molecular weight excluding hydrogens is 652 g/mol. The summed E-state index contributed by atoms with van der Waals surface area (Å²) >= 11 is 6.31. The molecule has 0 radical (unpaired) electrons. The molecule has 1 aliphatic rings. The average molecular weight is 693 g/mol. The van der Waals surface area contributed by atoms with Crippen LogP contribution in [-0.4, -0.2) is 34.8 Å². The number of aromatic nitrogens is 1. The zero-order valence-corrected chi connectivity index (χ0v) is 28.3. The molecule has 1 saturated carbocycles. The molecule has 0 unspecified atom stereocenters. The number of methoxy groups -OCH3 is 1. The molecular formula is C36H41ClF4N2O5. The summed E-state index contributed by atoms with van der Waals surface area (Å²) < 4.78 is 64.1. The highest BCUT2D eigenvalue weighted by molar-refractivity contribution is 6.31. The fourth-order valence-electron chi connectivity index (χ4n) is 6.51. The summed E-state index contributed by atoms with van der Waals surface area (Å²) in [6.07, 6.45) is -2.37. The van der Waals surface area contributed by atoms with Crippen LogP contribution in [0.5, 0.6) is 0 Å². The number of benzene rings is 2. The SMILES string of the molecule is COC1CC(CCc2cn([C@@H](CC(C)C)C(=O)N[C@@H](CC(=O)O)c3cc(-c4c(C)cccc4C)cc(Cl)c3F)c(=O)cc2C(F)(F)F)C1. The summed E-state index contributed by atoms with van der Waals surface area (Å²) in [7, 11) is 1.59. The monoisotopic (exact) mass is 692 g/mol. The first-order valence-corrected chi connectivity index (χ1v) is 16.3. The Kier molecular flexibility index (Phi) is 11.8. The highest BCUT2D eigenvalue weighted by Gasteiger charge is 2.37. The van der Waals surface area contributed by atoms with E-state index in [1.165, 1.54) is 12.1 Å². The van der Waals surface area contributed by atoms with Crippen LogP contribution in [0.4, 0.5) is 17.6 Å². The molecule has 2 aromatic carbocycles. The first-order valence-electron chi connectivity index (χ1n) is 15.9. The van der Waals surface area contributed by atoms with Gasteiger partial charge in [-0.3, -0.25) is 14.4 Å². The lowest BCUT2D eigenvalue weighted by Crippen LogP contribution is -2.41. The van der Waals surface area contributed by atoms with Gasteiger partial charge in [0, 0.05) is 24.9 Å². The van der Waals surface area contributed by atoms with Crippen molar-refractivity contribution in [3.05, 3.63) is 91.6 Å². The Hall–Kier alpha value is -3.70. The number of alkyl halides is 3. The minimum Gasteiger partial charge on any atom is -0.481 e. The van der Waals surface area contributed by atoms with Gasteiger partial charge in [0.1, 0.15) is 11.9 Å². The van der Waals surface area contributed by atoms with Gasteiger partial charge >= 0.3 is 12.1 Å². The van der Waals surface area contributed by atoms with Crippen molar-refractivity contribution >= 4 is 23.5 Å². The number of nitrogens with one attached hydrogen (secondary N) is 1. The third kappa shape index (κ3) is 8.66. The molecule has 12 heteroatoms. The van der Waals surface area contributed by atoms with Gasteiger partial charge in [-0.1, -0.05) is 43.6 Å². The summed E-state index contributed by atoms with van der Waals surface area (Å²) in [6.45, 7) is 7.29. The van der Waals surface area contributed by atoms with Crippen LogP contribution in [0.25, 0.3) is 11.1 Å². The molecule has 4 rings (SSSR count). The van der Waals surface area contributed by atoms with E-state index in [1.807, 2.05) is 32.0 Å². The normalized spacial score (nSPS) is 17.6. The van der Waals surface area contributed by atoms with Crippen molar-refractivity contribution < 1.29 is 37.0 Å². The molecule has 1 heterocycles. The van der Waals surface area contributed by atoms with E-state index in [1.54, 1.807) is 21.0 Å². The molecule has 260 valence electrons. The molecule has 2 atom stereocenters.